The number of imidazole rings is 1. The van der Waals surface area contributed by atoms with Crippen LogP contribution in [0, 0.1) is 5.92 Å². The minimum atomic E-state index is -0.0304. The molecule has 1 aliphatic heterocycles. The lowest BCUT2D eigenvalue weighted by Crippen LogP contribution is -2.43. The van der Waals surface area contributed by atoms with E-state index in [1.807, 2.05) is 29.6 Å². The van der Waals surface area contributed by atoms with Gasteiger partial charge in [-0.25, -0.2) is 9.78 Å². The number of anilines is 1. The summed E-state index contributed by atoms with van der Waals surface area (Å²) < 4.78 is 8.25. The van der Waals surface area contributed by atoms with Crippen LogP contribution in [0.15, 0.2) is 41.3 Å². The lowest BCUT2D eigenvalue weighted by molar-refractivity contribution is 0.170. The van der Waals surface area contributed by atoms with E-state index in [-0.39, 0.29) is 6.03 Å². The molecule has 0 unspecified atom stereocenters. The van der Waals surface area contributed by atoms with Crippen LogP contribution in [0.2, 0.25) is 0 Å². The van der Waals surface area contributed by atoms with Crippen LogP contribution in [0.1, 0.15) is 37.0 Å². The molecular formula is C22H26N4O2. The number of hydrogen-bond acceptors (Lipinski definition) is 3. The van der Waals surface area contributed by atoms with Gasteiger partial charge in [-0.05, 0) is 44.1 Å². The summed E-state index contributed by atoms with van der Waals surface area (Å²) in [6.07, 6.45) is 12.3. The molecule has 2 amide bonds. The first-order chi connectivity index (χ1) is 13.8. The van der Waals surface area contributed by atoms with E-state index < -0.39 is 0 Å². The first-order valence-corrected chi connectivity index (χ1v) is 10.3. The molecule has 2 aliphatic rings. The zero-order valence-electron chi connectivity index (χ0n) is 16.1. The Hall–Kier alpha value is -2.76. The van der Waals surface area contributed by atoms with Gasteiger partial charge in [-0.15, -0.1) is 0 Å². The number of nitrogens with one attached hydrogen (secondary N) is 1. The van der Waals surface area contributed by atoms with Crippen LogP contribution in [0.5, 0.6) is 0 Å². The number of furan rings is 1. The molecule has 1 aromatic carbocycles. The molecule has 0 saturated carbocycles. The molecule has 6 heteroatoms. The summed E-state index contributed by atoms with van der Waals surface area (Å²) in [5.74, 6) is 1.56. The molecule has 6 nitrogen and oxygen atoms in total. The number of amides is 2. The normalized spacial score (nSPS) is 19.6. The maximum absolute atomic E-state index is 13.0. The number of fused-ring (bicyclic) bond motifs is 3. The highest BCUT2D eigenvalue weighted by molar-refractivity contribution is 6.00. The molecule has 28 heavy (non-hydrogen) atoms. The molecule has 146 valence electrons. The first-order valence-electron chi connectivity index (χ1n) is 10.3. The van der Waals surface area contributed by atoms with Crippen molar-refractivity contribution in [2.24, 2.45) is 5.92 Å². The third kappa shape index (κ3) is 3.28. The molecule has 3 aromatic rings. The molecular weight excluding hydrogens is 352 g/mol. The number of rotatable bonds is 3. The summed E-state index contributed by atoms with van der Waals surface area (Å²) in [5.41, 5.74) is 2.94. The van der Waals surface area contributed by atoms with Gasteiger partial charge >= 0.3 is 6.03 Å². The van der Waals surface area contributed by atoms with Crippen molar-refractivity contribution in [3.05, 3.63) is 48.2 Å². The van der Waals surface area contributed by atoms with Crippen molar-refractivity contribution in [3.63, 3.8) is 0 Å². The van der Waals surface area contributed by atoms with Crippen molar-refractivity contribution in [1.82, 2.24) is 14.5 Å². The fourth-order valence-corrected chi connectivity index (χ4v) is 4.67. The van der Waals surface area contributed by atoms with Gasteiger partial charge in [-0.2, -0.15) is 0 Å². The first kappa shape index (κ1) is 17.3. The standard InChI is InChI=1S/C22H26N4O2/c27-22(26-11-4-5-16(14-26)13-25-12-10-23-15-25)24-19-8-3-7-18-17-6-1-2-9-20(17)28-21(18)19/h3,7-8,10,12,15-16H,1-2,4-6,9,11,13-14H2,(H,24,27)/t16-/m1/s1. The predicted molar refractivity (Wildman–Crippen MR) is 108 cm³/mol. The smallest absolute Gasteiger partial charge is 0.321 e. The molecule has 1 atom stereocenters. The number of hydrogen-bond donors (Lipinski definition) is 1. The van der Waals surface area contributed by atoms with Crippen molar-refractivity contribution in [1.29, 1.82) is 0 Å². The summed E-state index contributed by atoms with van der Waals surface area (Å²) in [7, 11) is 0. The van der Waals surface area contributed by atoms with Gasteiger partial charge in [-0.3, -0.25) is 0 Å². The van der Waals surface area contributed by atoms with E-state index in [9.17, 15) is 4.79 Å². The molecule has 3 heterocycles. The monoisotopic (exact) mass is 378 g/mol. The Bertz CT molecular complexity index is 976. The minimum Gasteiger partial charge on any atom is -0.459 e. The lowest BCUT2D eigenvalue weighted by Gasteiger charge is -2.32. The average molecular weight is 378 g/mol. The van der Waals surface area contributed by atoms with Crippen LogP contribution in [0.3, 0.4) is 0 Å². The second-order valence-electron chi connectivity index (χ2n) is 8.04. The van der Waals surface area contributed by atoms with Gasteiger partial charge in [0.1, 0.15) is 5.76 Å². The van der Waals surface area contributed by atoms with E-state index >= 15 is 0 Å². The number of para-hydroxylation sites is 1. The third-order valence-corrected chi connectivity index (χ3v) is 6.06. The number of carbonyl (C=O) groups is 1. The lowest BCUT2D eigenvalue weighted by atomic mass is 9.96. The molecule has 5 rings (SSSR count). The zero-order chi connectivity index (χ0) is 18.9. The SMILES string of the molecule is O=C(Nc1cccc2c3c(oc12)CCCC3)N1CCC[C@H](Cn2ccnc2)C1. The summed E-state index contributed by atoms with van der Waals surface area (Å²) in [5, 5.41) is 4.27. The predicted octanol–water partition coefficient (Wildman–Crippen LogP) is 4.45. The quantitative estimate of drug-likeness (QED) is 0.732. The molecule has 1 saturated heterocycles. The molecule has 0 bridgehead atoms. The maximum atomic E-state index is 13.0. The van der Waals surface area contributed by atoms with Gasteiger partial charge in [0.15, 0.2) is 5.58 Å². The Kier molecular flexibility index (Phi) is 4.55. The fraction of sp³-hybridized carbons (Fsp3) is 0.455. The summed E-state index contributed by atoms with van der Waals surface area (Å²) in [6, 6.07) is 6.04. The Morgan fingerprint density at radius 1 is 1.25 bits per heavy atom. The van der Waals surface area contributed by atoms with E-state index in [2.05, 4.69) is 20.9 Å². The number of likely N-dealkylation sites (tertiary alicyclic amines) is 1. The number of benzene rings is 1. The number of piperidine rings is 1. The van der Waals surface area contributed by atoms with Crippen molar-refractivity contribution in [3.8, 4) is 0 Å². The Labute approximate surface area is 164 Å². The number of aromatic nitrogens is 2. The van der Waals surface area contributed by atoms with Crippen LogP contribution in [-0.2, 0) is 19.4 Å². The van der Waals surface area contributed by atoms with E-state index in [4.69, 9.17) is 4.42 Å². The Morgan fingerprint density at radius 2 is 2.18 bits per heavy atom. The van der Waals surface area contributed by atoms with E-state index in [0.717, 1.165) is 67.7 Å². The van der Waals surface area contributed by atoms with Gasteiger partial charge in [0.25, 0.3) is 0 Å². The van der Waals surface area contributed by atoms with E-state index in [0.29, 0.717) is 5.92 Å². The molecule has 0 radical (unpaired) electrons. The van der Waals surface area contributed by atoms with Crippen LogP contribution in [0.25, 0.3) is 11.0 Å². The molecule has 0 spiro atoms. The van der Waals surface area contributed by atoms with E-state index in [1.54, 1.807) is 6.20 Å². The maximum Gasteiger partial charge on any atom is 0.321 e. The summed E-state index contributed by atoms with van der Waals surface area (Å²) >= 11 is 0. The van der Waals surface area contributed by atoms with Gasteiger partial charge in [0.05, 0.1) is 12.0 Å². The van der Waals surface area contributed by atoms with Gasteiger partial charge in [0.2, 0.25) is 0 Å². The van der Waals surface area contributed by atoms with Crippen LogP contribution in [-0.4, -0.2) is 33.6 Å². The van der Waals surface area contributed by atoms with E-state index in [1.165, 1.54) is 18.4 Å². The topological polar surface area (TPSA) is 63.3 Å². The van der Waals surface area contributed by atoms with Gasteiger partial charge in [0, 0.05) is 49.4 Å². The van der Waals surface area contributed by atoms with Crippen LogP contribution in [0.4, 0.5) is 10.5 Å². The second-order valence-corrected chi connectivity index (χ2v) is 8.04. The van der Waals surface area contributed by atoms with Crippen LogP contribution < -0.4 is 5.32 Å². The zero-order valence-corrected chi connectivity index (χ0v) is 16.1. The van der Waals surface area contributed by atoms with Crippen LogP contribution >= 0.6 is 0 Å². The summed E-state index contributed by atoms with van der Waals surface area (Å²) in [4.78, 5) is 19.0. The Balaban J connectivity index is 1.32. The van der Waals surface area contributed by atoms with Crippen molar-refractivity contribution in [2.45, 2.75) is 45.1 Å². The number of aryl methyl sites for hydroxylation is 2. The van der Waals surface area contributed by atoms with Crippen molar-refractivity contribution >= 4 is 22.7 Å². The number of carbonyl (C=O) groups excluding carboxylic acids is 1. The fourth-order valence-electron chi connectivity index (χ4n) is 4.67. The number of nitrogens with zero attached hydrogens (tertiary/aromatic N) is 3. The van der Waals surface area contributed by atoms with Gasteiger partial charge < -0.3 is 19.2 Å². The molecule has 1 N–H and O–H groups in total. The largest absolute Gasteiger partial charge is 0.459 e. The number of urea groups is 1. The highest BCUT2D eigenvalue weighted by Crippen LogP contribution is 2.35. The van der Waals surface area contributed by atoms with Crippen molar-refractivity contribution < 1.29 is 9.21 Å². The molecule has 2 aromatic heterocycles. The van der Waals surface area contributed by atoms with Crippen molar-refractivity contribution in [2.75, 3.05) is 18.4 Å². The molecule has 1 fully saturated rings. The van der Waals surface area contributed by atoms with Gasteiger partial charge in [-0.1, -0.05) is 12.1 Å². The summed E-state index contributed by atoms with van der Waals surface area (Å²) in [6.45, 7) is 2.48. The molecule has 1 aliphatic carbocycles. The third-order valence-electron chi connectivity index (χ3n) is 6.06. The minimum absolute atomic E-state index is 0.0304. The highest BCUT2D eigenvalue weighted by Gasteiger charge is 2.25. The Morgan fingerprint density at radius 3 is 3.07 bits per heavy atom. The average Bonchev–Trinajstić information content (AvgIpc) is 3.36. The second kappa shape index (κ2) is 7.34. The highest BCUT2D eigenvalue weighted by atomic mass is 16.3.